The van der Waals surface area contributed by atoms with Gasteiger partial charge in [0.05, 0.1) is 14.2 Å². The van der Waals surface area contributed by atoms with Crippen molar-refractivity contribution < 1.29 is 9.47 Å². The molecule has 3 nitrogen and oxygen atoms in total. The van der Waals surface area contributed by atoms with Crippen molar-refractivity contribution in [1.82, 2.24) is 0 Å². The average molecular weight is 322 g/mol. The van der Waals surface area contributed by atoms with Gasteiger partial charge >= 0.3 is 0 Å². The van der Waals surface area contributed by atoms with Crippen molar-refractivity contribution in [3.05, 3.63) is 52.5 Å². The molecule has 100 valence electrons. The molecule has 0 heterocycles. The number of rotatable bonds is 5. The standard InChI is InChI=1S/C15H16BrNO2/c1-18-14-8-11(13(16)9-15(14)19-2)10-17-12-6-4-3-5-7-12/h3-9,17H,10H2,1-2H3. The van der Waals surface area contributed by atoms with E-state index in [2.05, 4.69) is 21.2 Å². The first-order valence-corrected chi connectivity index (χ1v) is 6.73. The van der Waals surface area contributed by atoms with Crippen LogP contribution in [0, 0.1) is 0 Å². The maximum atomic E-state index is 5.31. The largest absolute Gasteiger partial charge is 0.493 e. The molecular weight excluding hydrogens is 306 g/mol. The first-order valence-electron chi connectivity index (χ1n) is 5.94. The smallest absolute Gasteiger partial charge is 0.161 e. The number of nitrogens with one attached hydrogen (secondary N) is 1. The second kappa shape index (κ2) is 6.48. The lowest BCUT2D eigenvalue weighted by molar-refractivity contribution is 0.354. The van der Waals surface area contributed by atoms with Crippen LogP contribution in [0.4, 0.5) is 5.69 Å². The Balaban J connectivity index is 2.16. The molecule has 0 aliphatic carbocycles. The molecule has 0 saturated carbocycles. The van der Waals surface area contributed by atoms with Crippen LogP contribution in [0.5, 0.6) is 11.5 Å². The normalized spacial score (nSPS) is 10.1. The second-order valence-electron chi connectivity index (χ2n) is 4.02. The van der Waals surface area contributed by atoms with Crippen LogP contribution in [0.3, 0.4) is 0 Å². The fourth-order valence-electron chi connectivity index (χ4n) is 1.79. The molecule has 0 amide bonds. The minimum Gasteiger partial charge on any atom is -0.493 e. The predicted molar refractivity (Wildman–Crippen MR) is 81.0 cm³/mol. The highest BCUT2D eigenvalue weighted by Crippen LogP contribution is 2.33. The van der Waals surface area contributed by atoms with Gasteiger partial charge in [-0.25, -0.2) is 0 Å². The highest BCUT2D eigenvalue weighted by molar-refractivity contribution is 9.10. The van der Waals surface area contributed by atoms with E-state index in [1.807, 2.05) is 42.5 Å². The fraction of sp³-hybridized carbons (Fsp3) is 0.200. The van der Waals surface area contributed by atoms with Crippen LogP contribution in [0.15, 0.2) is 46.9 Å². The molecule has 0 aromatic heterocycles. The predicted octanol–water partition coefficient (Wildman–Crippen LogP) is 4.08. The molecule has 2 aromatic carbocycles. The number of hydrogen-bond donors (Lipinski definition) is 1. The molecule has 0 bridgehead atoms. The summed E-state index contributed by atoms with van der Waals surface area (Å²) in [6.45, 7) is 0.713. The minimum absolute atomic E-state index is 0.713. The maximum Gasteiger partial charge on any atom is 0.161 e. The van der Waals surface area contributed by atoms with Crippen LogP contribution in [0.1, 0.15) is 5.56 Å². The summed E-state index contributed by atoms with van der Waals surface area (Å²) in [7, 11) is 3.27. The Morgan fingerprint density at radius 1 is 1.00 bits per heavy atom. The fourth-order valence-corrected chi connectivity index (χ4v) is 2.25. The van der Waals surface area contributed by atoms with E-state index < -0.39 is 0 Å². The number of benzene rings is 2. The van der Waals surface area contributed by atoms with E-state index in [0.717, 1.165) is 27.2 Å². The topological polar surface area (TPSA) is 30.5 Å². The average Bonchev–Trinajstić information content (AvgIpc) is 2.46. The van der Waals surface area contributed by atoms with Gasteiger partial charge in [-0.3, -0.25) is 0 Å². The molecule has 2 rings (SSSR count). The molecule has 0 radical (unpaired) electrons. The van der Waals surface area contributed by atoms with E-state index in [9.17, 15) is 0 Å². The molecule has 4 heteroatoms. The summed E-state index contributed by atoms with van der Waals surface area (Å²) in [6.07, 6.45) is 0. The maximum absolute atomic E-state index is 5.31. The Hall–Kier alpha value is -1.68. The van der Waals surface area contributed by atoms with Crippen molar-refractivity contribution in [3.8, 4) is 11.5 Å². The summed E-state index contributed by atoms with van der Waals surface area (Å²) in [5, 5.41) is 3.36. The van der Waals surface area contributed by atoms with Crippen molar-refractivity contribution >= 4 is 21.6 Å². The second-order valence-corrected chi connectivity index (χ2v) is 4.87. The lowest BCUT2D eigenvalue weighted by atomic mass is 10.2. The summed E-state index contributed by atoms with van der Waals surface area (Å²) < 4.78 is 11.6. The summed E-state index contributed by atoms with van der Waals surface area (Å²) in [5.74, 6) is 1.45. The first-order chi connectivity index (χ1) is 9.24. The first kappa shape index (κ1) is 13.7. The number of hydrogen-bond acceptors (Lipinski definition) is 3. The van der Waals surface area contributed by atoms with Crippen LogP contribution in [-0.2, 0) is 6.54 Å². The zero-order valence-corrected chi connectivity index (χ0v) is 12.5. The molecular formula is C15H16BrNO2. The number of halogens is 1. The molecule has 2 aromatic rings. The van der Waals surface area contributed by atoms with Gasteiger partial charge in [-0.2, -0.15) is 0 Å². The van der Waals surface area contributed by atoms with Gasteiger partial charge in [-0.15, -0.1) is 0 Å². The Bertz CT molecular complexity index is 543. The van der Waals surface area contributed by atoms with Gasteiger partial charge in [0.1, 0.15) is 0 Å². The molecule has 0 spiro atoms. The van der Waals surface area contributed by atoms with Crippen molar-refractivity contribution in [2.24, 2.45) is 0 Å². The molecule has 0 unspecified atom stereocenters. The minimum atomic E-state index is 0.713. The highest BCUT2D eigenvalue weighted by Gasteiger charge is 2.09. The van der Waals surface area contributed by atoms with Gasteiger partial charge in [-0.1, -0.05) is 34.1 Å². The zero-order chi connectivity index (χ0) is 13.7. The Labute approximate surface area is 121 Å². The third kappa shape index (κ3) is 3.41. The van der Waals surface area contributed by atoms with E-state index in [1.165, 1.54) is 0 Å². The van der Waals surface area contributed by atoms with Gasteiger partial charge < -0.3 is 14.8 Å². The Morgan fingerprint density at radius 3 is 2.26 bits per heavy atom. The summed E-state index contributed by atoms with van der Waals surface area (Å²) in [4.78, 5) is 0. The molecule has 0 saturated heterocycles. The van der Waals surface area contributed by atoms with Crippen molar-refractivity contribution in [2.45, 2.75) is 6.54 Å². The van der Waals surface area contributed by atoms with E-state index >= 15 is 0 Å². The third-order valence-electron chi connectivity index (χ3n) is 2.81. The number of ether oxygens (including phenoxy) is 2. The molecule has 0 atom stereocenters. The highest BCUT2D eigenvalue weighted by atomic mass is 79.9. The summed E-state index contributed by atoms with van der Waals surface area (Å²) in [6, 6.07) is 14.0. The monoisotopic (exact) mass is 321 g/mol. The van der Waals surface area contributed by atoms with Crippen molar-refractivity contribution in [2.75, 3.05) is 19.5 Å². The van der Waals surface area contributed by atoms with Crippen LogP contribution < -0.4 is 14.8 Å². The Kier molecular flexibility index (Phi) is 4.68. The van der Waals surface area contributed by atoms with Crippen LogP contribution >= 0.6 is 15.9 Å². The third-order valence-corrected chi connectivity index (χ3v) is 3.55. The van der Waals surface area contributed by atoms with Gasteiger partial charge in [0.2, 0.25) is 0 Å². The molecule has 1 N–H and O–H groups in total. The number of methoxy groups -OCH3 is 2. The number of para-hydroxylation sites is 1. The van der Waals surface area contributed by atoms with Crippen molar-refractivity contribution in [1.29, 1.82) is 0 Å². The van der Waals surface area contributed by atoms with Gasteiger partial charge in [-0.05, 0) is 29.8 Å². The number of anilines is 1. The zero-order valence-electron chi connectivity index (χ0n) is 10.9. The molecule has 19 heavy (non-hydrogen) atoms. The SMILES string of the molecule is COc1cc(Br)c(CNc2ccccc2)cc1OC. The lowest BCUT2D eigenvalue weighted by Crippen LogP contribution is -2.01. The Morgan fingerprint density at radius 2 is 1.63 bits per heavy atom. The summed E-state index contributed by atoms with van der Waals surface area (Å²) in [5.41, 5.74) is 2.20. The van der Waals surface area contributed by atoms with Gasteiger partial charge in [0, 0.05) is 16.7 Å². The van der Waals surface area contributed by atoms with Crippen molar-refractivity contribution in [3.63, 3.8) is 0 Å². The van der Waals surface area contributed by atoms with Crippen LogP contribution in [0.2, 0.25) is 0 Å². The molecule has 0 aliphatic heterocycles. The van der Waals surface area contributed by atoms with Crippen LogP contribution in [0.25, 0.3) is 0 Å². The van der Waals surface area contributed by atoms with E-state index in [4.69, 9.17) is 9.47 Å². The van der Waals surface area contributed by atoms with E-state index in [-0.39, 0.29) is 0 Å². The van der Waals surface area contributed by atoms with E-state index in [1.54, 1.807) is 14.2 Å². The molecule has 0 fully saturated rings. The van der Waals surface area contributed by atoms with Gasteiger partial charge in [0.25, 0.3) is 0 Å². The quantitative estimate of drug-likeness (QED) is 0.900. The van der Waals surface area contributed by atoms with E-state index in [0.29, 0.717) is 6.54 Å². The molecule has 0 aliphatic rings. The van der Waals surface area contributed by atoms with Crippen LogP contribution in [-0.4, -0.2) is 14.2 Å². The van der Waals surface area contributed by atoms with Gasteiger partial charge in [0.15, 0.2) is 11.5 Å². The summed E-state index contributed by atoms with van der Waals surface area (Å²) >= 11 is 3.55. The lowest BCUT2D eigenvalue weighted by Gasteiger charge is -2.13.